The van der Waals surface area contributed by atoms with Crippen LogP contribution in [-0.2, 0) is 9.59 Å². The molecule has 0 aromatic heterocycles. The third-order valence-corrected chi connectivity index (χ3v) is 5.17. The molecule has 0 aliphatic rings. The molecule has 3 aromatic carbocycles. The van der Waals surface area contributed by atoms with Gasteiger partial charge in [-0.15, -0.1) is 0 Å². The first-order chi connectivity index (χ1) is 16.5. The zero-order valence-corrected chi connectivity index (χ0v) is 21.0. The fourth-order valence-electron chi connectivity index (χ4n) is 2.45. The molecule has 34 heavy (non-hydrogen) atoms. The summed E-state index contributed by atoms with van der Waals surface area (Å²) in [6.07, 6.45) is 3.03. The van der Waals surface area contributed by atoms with Crippen LogP contribution >= 0.6 is 31.9 Å². The van der Waals surface area contributed by atoms with E-state index in [1.807, 2.05) is 24.3 Å². The zero-order chi connectivity index (χ0) is 24.2. The van der Waals surface area contributed by atoms with E-state index in [1.165, 1.54) is 12.4 Å². The molecule has 3 rings (SSSR count). The predicted molar refractivity (Wildman–Crippen MR) is 137 cm³/mol. The van der Waals surface area contributed by atoms with Crippen LogP contribution in [0.1, 0.15) is 11.1 Å². The van der Waals surface area contributed by atoms with Crippen molar-refractivity contribution in [2.24, 2.45) is 10.2 Å². The van der Waals surface area contributed by atoms with Crippen LogP contribution in [-0.4, -0.2) is 37.5 Å². The molecule has 0 saturated heterocycles. The first-order valence-electron chi connectivity index (χ1n) is 9.98. The van der Waals surface area contributed by atoms with Gasteiger partial charge in [0.05, 0.1) is 12.4 Å². The minimum absolute atomic E-state index is 0.145. The van der Waals surface area contributed by atoms with Crippen LogP contribution in [0.2, 0.25) is 0 Å². The molecule has 0 radical (unpaired) electrons. The maximum Gasteiger partial charge on any atom is 0.277 e. The summed E-state index contributed by atoms with van der Waals surface area (Å²) in [6.45, 7) is -0.289. The molecule has 8 nitrogen and oxygen atoms in total. The first kappa shape index (κ1) is 25.1. The van der Waals surface area contributed by atoms with Gasteiger partial charge in [-0.2, -0.15) is 10.2 Å². The second-order valence-electron chi connectivity index (χ2n) is 6.74. The lowest BCUT2D eigenvalue weighted by molar-refractivity contribution is -0.123. The largest absolute Gasteiger partial charge is 0.484 e. The van der Waals surface area contributed by atoms with Crippen LogP contribution in [0.5, 0.6) is 11.5 Å². The van der Waals surface area contributed by atoms with E-state index in [0.29, 0.717) is 11.5 Å². The zero-order valence-electron chi connectivity index (χ0n) is 17.8. The number of hydrogen-bond acceptors (Lipinski definition) is 6. The van der Waals surface area contributed by atoms with Gasteiger partial charge in [-0.05, 0) is 59.7 Å². The number of nitrogens with zero attached hydrogens (tertiary/aromatic N) is 2. The van der Waals surface area contributed by atoms with Gasteiger partial charge >= 0.3 is 0 Å². The Labute approximate surface area is 213 Å². The van der Waals surface area contributed by atoms with Crippen LogP contribution in [0.15, 0.2) is 91.9 Å². The van der Waals surface area contributed by atoms with Crippen molar-refractivity contribution in [3.8, 4) is 11.5 Å². The minimum Gasteiger partial charge on any atom is -0.484 e. The molecule has 0 heterocycles. The SMILES string of the molecule is O=C(COc1ccc(Br)cc1)NN=Cc1ccc(C=NNC(=O)COc2ccc(Br)cc2)cc1. The van der Waals surface area contributed by atoms with Gasteiger partial charge in [0.25, 0.3) is 11.8 Å². The maximum absolute atomic E-state index is 11.8. The highest BCUT2D eigenvalue weighted by atomic mass is 79.9. The summed E-state index contributed by atoms with van der Waals surface area (Å²) >= 11 is 6.67. The Kier molecular flexibility index (Phi) is 9.80. The predicted octanol–water partition coefficient (Wildman–Crippen LogP) is 4.27. The monoisotopic (exact) mass is 586 g/mol. The molecule has 3 aromatic rings. The summed E-state index contributed by atoms with van der Waals surface area (Å²) in [7, 11) is 0. The summed E-state index contributed by atoms with van der Waals surface area (Å²) in [6, 6.07) is 21.5. The van der Waals surface area contributed by atoms with Gasteiger partial charge in [0.2, 0.25) is 0 Å². The van der Waals surface area contributed by atoms with Gasteiger partial charge in [0, 0.05) is 8.95 Å². The Balaban J connectivity index is 1.36. The smallest absolute Gasteiger partial charge is 0.277 e. The van der Waals surface area contributed by atoms with Crippen LogP contribution in [0.3, 0.4) is 0 Å². The Morgan fingerprint density at radius 3 is 1.35 bits per heavy atom. The third-order valence-electron chi connectivity index (χ3n) is 4.11. The minimum atomic E-state index is -0.372. The normalized spacial score (nSPS) is 10.9. The third kappa shape index (κ3) is 9.16. The number of hydrazone groups is 2. The lowest BCUT2D eigenvalue weighted by Crippen LogP contribution is -2.24. The first-order valence-corrected chi connectivity index (χ1v) is 11.6. The summed E-state index contributed by atoms with van der Waals surface area (Å²) in [5.41, 5.74) is 6.37. The number of hydrogen-bond donors (Lipinski definition) is 2. The summed E-state index contributed by atoms with van der Waals surface area (Å²) in [4.78, 5) is 23.6. The molecule has 0 saturated carbocycles. The molecular formula is C24H20Br2N4O4. The van der Waals surface area contributed by atoms with Crippen LogP contribution in [0.4, 0.5) is 0 Å². The number of carbonyl (C=O) groups excluding carboxylic acids is 2. The molecule has 0 aliphatic carbocycles. The summed E-state index contributed by atoms with van der Waals surface area (Å²) in [5, 5.41) is 7.83. The molecule has 2 amide bonds. The quantitative estimate of drug-likeness (QED) is 0.273. The Morgan fingerprint density at radius 2 is 1.00 bits per heavy atom. The van der Waals surface area contributed by atoms with E-state index in [1.54, 1.807) is 48.5 Å². The van der Waals surface area contributed by atoms with Crippen molar-refractivity contribution in [3.05, 3.63) is 92.9 Å². The number of nitrogens with one attached hydrogen (secondary N) is 2. The highest BCUT2D eigenvalue weighted by molar-refractivity contribution is 9.10. The fraction of sp³-hybridized carbons (Fsp3) is 0.0833. The Hall–Kier alpha value is -3.50. The molecule has 10 heteroatoms. The lowest BCUT2D eigenvalue weighted by atomic mass is 10.2. The molecule has 0 bridgehead atoms. The number of ether oxygens (including phenoxy) is 2. The molecule has 0 unspecified atom stereocenters. The van der Waals surface area contributed by atoms with Gasteiger partial charge in [0.1, 0.15) is 11.5 Å². The second kappa shape index (κ2) is 13.3. The van der Waals surface area contributed by atoms with Crippen LogP contribution in [0.25, 0.3) is 0 Å². The number of halogens is 2. The van der Waals surface area contributed by atoms with Crippen molar-refractivity contribution < 1.29 is 19.1 Å². The van der Waals surface area contributed by atoms with E-state index in [2.05, 4.69) is 52.9 Å². The average molecular weight is 588 g/mol. The maximum atomic E-state index is 11.8. The topological polar surface area (TPSA) is 101 Å². The molecule has 0 spiro atoms. The van der Waals surface area contributed by atoms with Gasteiger partial charge in [-0.1, -0.05) is 56.1 Å². The van der Waals surface area contributed by atoms with Crippen molar-refractivity contribution >= 4 is 56.1 Å². The van der Waals surface area contributed by atoms with Crippen molar-refractivity contribution in [2.45, 2.75) is 0 Å². The van der Waals surface area contributed by atoms with E-state index < -0.39 is 0 Å². The van der Waals surface area contributed by atoms with Gasteiger partial charge in [0.15, 0.2) is 13.2 Å². The van der Waals surface area contributed by atoms with E-state index in [0.717, 1.165) is 20.1 Å². The van der Waals surface area contributed by atoms with E-state index in [-0.39, 0.29) is 25.0 Å². The molecular weight excluding hydrogens is 568 g/mol. The molecule has 0 fully saturated rings. The second-order valence-corrected chi connectivity index (χ2v) is 8.57. The number of amides is 2. The summed E-state index contributed by atoms with van der Waals surface area (Å²) in [5.74, 6) is 0.436. The summed E-state index contributed by atoms with van der Waals surface area (Å²) < 4.78 is 12.6. The highest BCUT2D eigenvalue weighted by Crippen LogP contribution is 2.16. The highest BCUT2D eigenvalue weighted by Gasteiger charge is 2.02. The molecule has 0 atom stereocenters. The number of benzene rings is 3. The molecule has 0 aliphatic heterocycles. The van der Waals surface area contributed by atoms with Gasteiger partial charge < -0.3 is 9.47 Å². The standard InChI is InChI=1S/C24H20Br2N4O4/c25-19-5-9-21(10-6-19)33-15-23(31)29-27-13-17-1-2-18(4-3-17)14-28-30-24(32)16-34-22-11-7-20(26)8-12-22/h1-14H,15-16H2,(H,29,31)(H,30,32). The van der Waals surface area contributed by atoms with Crippen molar-refractivity contribution in [2.75, 3.05) is 13.2 Å². The van der Waals surface area contributed by atoms with Crippen LogP contribution in [0, 0.1) is 0 Å². The van der Waals surface area contributed by atoms with Gasteiger partial charge in [-0.25, -0.2) is 10.9 Å². The van der Waals surface area contributed by atoms with E-state index in [9.17, 15) is 9.59 Å². The lowest BCUT2D eigenvalue weighted by Gasteiger charge is -2.05. The number of carbonyl (C=O) groups is 2. The fourth-order valence-corrected chi connectivity index (χ4v) is 2.98. The van der Waals surface area contributed by atoms with Gasteiger partial charge in [-0.3, -0.25) is 9.59 Å². The van der Waals surface area contributed by atoms with Crippen LogP contribution < -0.4 is 20.3 Å². The Bertz CT molecular complexity index is 1060. The van der Waals surface area contributed by atoms with Crippen molar-refractivity contribution in [1.29, 1.82) is 0 Å². The van der Waals surface area contributed by atoms with Crippen molar-refractivity contribution in [3.63, 3.8) is 0 Å². The average Bonchev–Trinajstić information content (AvgIpc) is 2.84. The van der Waals surface area contributed by atoms with E-state index >= 15 is 0 Å². The molecule has 2 N–H and O–H groups in total. The number of rotatable bonds is 10. The Morgan fingerprint density at radius 1 is 0.647 bits per heavy atom. The van der Waals surface area contributed by atoms with E-state index in [4.69, 9.17) is 9.47 Å². The van der Waals surface area contributed by atoms with Crippen molar-refractivity contribution in [1.82, 2.24) is 10.9 Å². The molecule has 174 valence electrons.